The smallest absolute Gasteiger partial charge is 0.132 e. The van der Waals surface area contributed by atoms with Crippen LogP contribution in [-0.4, -0.2) is 41.5 Å². The van der Waals surface area contributed by atoms with Crippen LogP contribution >= 0.6 is 11.8 Å². The Hall–Kier alpha value is -0.810. The van der Waals surface area contributed by atoms with Crippen LogP contribution in [0, 0.1) is 6.92 Å². The third kappa shape index (κ3) is 3.36. The van der Waals surface area contributed by atoms with E-state index < -0.39 is 0 Å². The van der Waals surface area contributed by atoms with Gasteiger partial charge in [-0.15, -0.1) is 0 Å². The number of aromatic nitrogens is 2. The van der Waals surface area contributed by atoms with Crippen molar-refractivity contribution in [1.29, 1.82) is 0 Å². The quantitative estimate of drug-likeness (QED) is 0.836. The van der Waals surface area contributed by atoms with E-state index in [1.807, 2.05) is 18.7 Å². The van der Waals surface area contributed by atoms with E-state index in [0.29, 0.717) is 6.04 Å². The summed E-state index contributed by atoms with van der Waals surface area (Å²) in [6, 6.07) is 2.51. The number of thioether (sulfide) groups is 1. The summed E-state index contributed by atoms with van der Waals surface area (Å²) in [7, 11) is 0. The lowest BCUT2D eigenvalue weighted by Gasteiger charge is -2.34. The molecule has 4 nitrogen and oxygen atoms in total. The molecule has 5 heteroatoms. The summed E-state index contributed by atoms with van der Waals surface area (Å²) in [6.45, 7) is 8.79. The highest BCUT2D eigenvalue weighted by atomic mass is 32.2. The Bertz CT molecular complexity index is 400. The van der Waals surface area contributed by atoms with E-state index in [2.05, 4.69) is 34.8 Å². The maximum Gasteiger partial charge on any atom is 0.132 e. The predicted molar refractivity (Wildman–Crippen MR) is 76.2 cm³/mol. The number of aryl methyl sites for hydroxylation is 1. The SMILES string of the molecule is CCSCc1cc(N2CCOC[C@@H]2C)nc(C)n1. The second-order valence-corrected chi connectivity index (χ2v) is 5.79. The molecule has 0 bridgehead atoms. The summed E-state index contributed by atoms with van der Waals surface area (Å²) in [5.74, 6) is 3.99. The zero-order valence-corrected chi connectivity index (χ0v) is 12.2. The number of rotatable bonds is 4. The minimum Gasteiger partial charge on any atom is -0.377 e. The van der Waals surface area contributed by atoms with Gasteiger partial charge in [0.05, 0.1) is 24.9 Å². The predicted octanol–water partition coefficient (Wildman–Crippen LogP) is 2.26. The topological polar surface area (TPSA) is 38.2 Å². The highest BCUT2D eigenvalue weighted by Crippen LogP contribution is 2.20. The zero-order valence-electron chi connectivity index (χ0n) is 11.3. The second-order valence-electron chi connectivity index (χ2n) is 4.52. The van der Waals surface area contributed by atoms with Crippen LogP contribution in [0.5, 0.6) is 0 Å². The van der Waals surface area contributed by atoms with E-state index in [-0.39, 0.29) is 0 Å². The molecule has 0 amide bonds. The van der Waals surface area contributed by atoms with Gasteiger partial charge in [0.15, 0.2) is 0 Å². The normalized spacial score (nSPS) is 20.2. The number of morpholine rings is 1. The number of ether oxygens (including phenoxy) is 1. The van der Waals surface area contributed by atoms with Crippen molar-refractivity contribution in [1.82, 2.24) is 9.97 Å². The monoisotopic (exact) mass is 267 g/mol. The molecular formula is C13H21N3OS. The summed E-state index contributed by atoms with van der Waals surface area (Å²) in [5.41, 5.74) is 1.13. The van der Waals surface area contributed by atoms with Crippen LogP contribution in [0.25, 0.3) is 0 Å². The molecule has 0 radical (unpaired) electrons. The van der Waals surface area contributed by atoms with Crippen molar-refractivity contribution in [3.63, 3.8) is 0 Å². The summed E-state index contributed by atoms with van der Waals surface area (Å²) in [4.78, 5) is 11.4. The molecule has 18 heavy (non-hydrogen) atoms. The number of hydrogen-bond acceptors (Lipinski definition) is 5. The highest BCUT2D eigenvalue weighted by Gasteiger charge is 2.20. The molecule has 100 valence electrons. The van der Waals surface area contributed by atoms with E-state index in [9.17, 15) is 0 Å². The van der Waals surface area contributed by atoms with Crippen LogP contribution in [0.3, 0.4) is 0 Å². The average molecular weight is 267 g/mol. The van der Waals surface area contributed by atoms with Crippen molar-refractivity contribution in [3.8, 4) is 0 Å². The van der Waals surface area contributed by atoms with Gasteiger partial charge in [0.25, 0.3) is 0 Å². The minimum absolute atomic E-state index is 0.389. The fourth-order valence-electron chi connectivity index (χ4n) is 2.11. The van der Waals surface area contributed by atoms with Crippen molar-refractivity contribution in [2.24, 2.45) is 0 Å². The molecule has 1 aromatic heterocycles. The van der Waals surface area contributed by atoms with Crippen LogP contribution in [0.2, 0.25) is 0 Å². The van der Waals surface area contributed by atoms with Gasteiger partial charge in [-0.3, -0.25) is 0 Å². The molecule has 1 aromatic rings. The Morgan fingerprint density at radius 1 is 1.50 bits per heavy atom. The molecule has 0 saturated carbocycles. The van der Waals surface area contributed by atoms with Gasteiger partial charge in [-0.05, 0) is 19.6 Å². The standard InChI is InChI=1S/C13H21N3OS/c1-4-18-9-12-7-13(15-11(3)14-12)16-5-6-17-8-10(16)2/h7,10H,4-6,8-9H2,1-3H3/t10-/m0/s1. The lowest BCUT2D eigenvalue weighted by molar-refractivity contribution is 0.0985. The molecule has 0 aliphatic carbocycles. The van der Waals surface area contributed by atoms with Gasteiger partial charge in [0, 0.05) is 18.4 Å². The molecule has 1 atom stereocenters. The van der Waals surface area contributed by atoms with Gasteiger partial charge in [0.2, 0.25) is 0 Å². The van der Waals surface area contributed by atoms with Gasteiger partial charge in [-0.1, -0.05) is 6.92 Å². The van der Waals surface area contributed by atoms with E-state index >= 15 is 0 Å². The molecule has 2 rings (SSSR count). The molecular weight excluding hydrogens is 246 g/mol. The Labute approximate surface area is 113 Å². The number of anilines is 1. The molecule has 1 fully saturated rings. The van der Waals surface area contributed by atoms with E-state index in [4.69, 9.17) is 4.74 Å². The summed E-state index contributed by atoms with van der Waals surface area (Å²) < 4.78 is 5.47. The van der Waals surface area contributed by atoms with Crippen LogP contribution < -0.4 is 4.90 Å². The molecule has 0 N–H and O–H groups in total. The molecule has 2 heterocycles. The van der Waals surface area contributed by atoms with Crippen LogP contribution in [-0.2, 0) is 10.5 Å². The van der Waals surface area contributed by atoms with E-state index in [0.717, 1.165) is 48.6 Å². The zero-order chi connectivity index (χ0) is 13.0. The Kier molecular flexibility index (Phi) is 4.83. The second kappa shape index (κ2) is 6.38. The highest BCUT2D eigenvalue weighted by molar-refractivity contribution is 7.98. The maximum absolute atomic E-state index is 5.47. The van der Waals surface area contributed by atoms with Crippen molar-refractivity contribution in [2.75, 3.05) is 30.4 Å². The van der Waals surface area contributed by atoms with Gasteiger partial charge in [-0.25, -0.2) is 9.97 Å². The van der Waals surface area contributed by atoms with E-state index in [1.54, 1.807) is 0 Å². The molecule has 1 aliphatic rings. The van der Waals surface area contributed by atoms with Crippen LogP contribution in [0.1, 0.15) is 25.4 Å². The van der Waals surface area contributed by atoms with Crippen LogP contribution in [0.15, 0.2) is 6.07 Å². The molecule has 1 saturated heterocycles. The Morgan fingerprint density at radius 3 is 3.06 bits per heavy atom. The fourth-order valence-corrected chi connectivity index (χ4v) is 2.67. The first-order valence-corrected chi connectivity index (χ1v) is 7.63. The van der Waals surface area contributed by atoms with Gasteiger partial charge >= 0.3 is 0 Å². The first-order valence-electron chi connectivity index (χ1n) is 6.47. The van der Waals surface area contributed by atoms with Gasteiger partial charge in [-0.2, -0.15) is 11.8 Å². The lowest BCUT2D eigenvalue weighted by atomic mass is 10.2. The van der Waals surface area contributed by atoms with Crippen molar-refractivity contribution < 1.29 is 4.74 Å². The molecule has 0 unspecified atom stereocenters. The number of hydrogen-bond donors (Lipinski definition) is 0. The van der Waals surface area contributed by atoms with Gasteiger partial charge in [0.1, 0.15) is 11.6 Å². The first kappa shape index (κ1) is 13.6. The average Bonchev–Trinajstić information content (AvgIpc) is 2.36. The third-order valence-electron chi connectivity index (χ3n) is 2.99. The molecule has 0 spiro atoms. The van der Waals surface area contributed by atoms with Crippen molar-refractivity contribution in [2.45, 2.75) is 32.6 Å². The van der Waals surface area contributed by atoms with Crippen LogP contribution in [0.4, 0.5) is 5.82 Å². The van der Waals surface area contributed by atoms with E-state index in [1.165, 1.54) is 0 Å². The van der Waals surface area contributed by atoms with Crippen molar-refractivity contribution >= 4 is 17.6 Å². The summed E-state index contributed by atoms with van der Waals surface area (Å²) in [6.07, 6.45) is 0. The summed E-state index contributed by atoms with van der Waals surface area (Å²) >= 11 is 1.89. The fraction of sp³-hybridized carbons (Fsp3) is 0.692. The molecule has 0 aromatic carbocycles. The largest absolute Gasteiger partial charge is 0.377 e. The first-order chi connectivity index (χ1) is 8.70. The molecule has 1 aliphatic heterocycles. The summed E-state index contributed by atoms with van der Waals surface area (Å²) in [5, 5.41) is 0. The Balaban J connectivity index is 2.18. The minimum atomic E-state index is 0.389. The third-order valence-corrected chi connectivity index (χ3v) is 3.90. The Morgan fingerprint density at radius 2 is 2.33 bits per heavy atom. The maximum atomic E-state index is 5.47. The number of nitrogens with zero attached hydrogens (tertiary/aromatic N) is 3. The lowest BCUT2D eigenvalue weighted by Crippen LogP contribution is -2.44. The van der Waals surface area contributed by atoms with Gasteiger partial charge < -0.3 is 9.64 Å². The van der Waals surface area contributed by atoms with Crippen molar-refractivity contribution in [3.05, 3.63) is 17.6 Å².